The normalized spacial score (nSPS) is 11.0. The Morgan fingerprint density at radius 2 is 2.00 bits per heavy atom. The van der Waals surface area contributed by atoms with Gasteiger partial charge in [0.25, 0.3) is 5.91 Å². The first-order valence-electron chi connectivity index (χ1n) is 6.25. The molecule has 1 aromatic heterocycles. The zero-order chi connectivity index (χ0) is 15.4. The van der Waals surface area contributed by atoms with E-state index in [1.807, 2.05) is 6.07 Å². The fourth-order valence-electron chi connectivity index (χ4n) is 1.83. The number of furan rings is 1. The second-order valence-electron chi connectivity index (χ2n) is 4.50. The molecule has 106 valence electrons. The molecule has 2 aromatic rings. The van der Waals surface area contributed by atoms with Gasteiger partial charge in [-0.3, -0.25) is 4.79 Å². The van der Waals surface area contributed by atoms with Crippen LogP contribution in [0.15, 0.2) is 40.3 Å². The van der Waals surface area contributed by atoms with E-state index in [4.69, 9.17) is 9.68 Å². The molecular weight excluding hydrogens is 271 g/mol. The van der Waals surface area contributed by atoms with Crippen LogP contribution in [-0.2, 0) is 4.79 Å². The highest BCUT2D eigenvalue weighted by atomic mass is 19.1. The molecule has 0 bridgehead atoms. The largest absolute Gasteiger partial charge is 0.466 e. The number of carbonyl (C=O) groups excluding carboxylic acids is 1. The van der Waals surface area contributed by atoms with Crippen LogP contribution >= 0.6 is 0 Å². The van der Waals surface area contributed by atoms with Gasteiger partial charge in [0.2, 0.25) is 0 Å². The van der Waals surface area contributed by atoms with Gasteiger partial charge in [-0.25, -0.2) is 4.39 Å². The van der Waals surface area contributed by atoms with Crippen LogP contribution in [0.3, 0.4) is 0 Å². The third-order valence-corrected chi connectivity index (χ3v) is 2.85. The summed E-state index contributed by atoms with van der Waals surface area (Å²) in [5.74, 6) is 0.390. The molecule has 0 fully saturated rings. The Kier molecular flexibility index (Phi) is 4.19. The van der Waals surface area contributed by atoms with Gasteiger partial charge in [-0.05, 0) is 50.3 Å². The maximum atomic E-state index is 12.8. The Morgan fingerprint density at radius 1 is 1.33 bits per heavy atom. The minimum Gasteiger partial charge on any atom is -0.466 e. The first kappa shape index (κ1) is 14.5. The molecule has 0 spiro atoms. The number of amides is 1. The highest BCUT2D eigenvalue weighted by Gasteiger charge is 2.11. The van der Waals surface area contributed by atoms with Crippen LogP contribution in [0.1, 0.15) is 17.1 Å². The first-order valence-corrected chi connectivity index (χ1v) is 6.25. The lowest BCUT2D eigenvalue weighted by Gasteiger charge is -2.03. The monoisotopic (exact) mass is 284 g/mol. The lowest BCUT2D eigenvalue weighted by atomic mass is 10.1. The summed E-state index contributed by atoms with van der Waals surface area (Å²) in [5.41, 5.74) is 1.05. The minimum absolute atomic E-state index is 0.0526. The number of benzene rings is 1. The summed E-state index contributed by atoms with van der Waals surface area (Å²) in [5, 5.41) is 11.6. The van der Waals surface area contributed by atoms with Crippen molar-refractivity contribution in [3.8, 4) is 6.07 Å². The van der Waals surface area contributed by atoms with E-state index in [1.165, 1.54) is 30.3 Å². The van der Waals surface area contributed by atoms with Crippen molar-refractivity contribution >= 4 is 17.7 Å². The van der Waals surface area contributed by atoms with Crippen molar-refractivity contribution in [2.45, 2.75) is 13.8 Å². The third kappa shape index (κ3) is 3.57. The average Bonchev–Trinajstić information content (AvgIpc) is 2.76. The van der Waals surface area contributed by atoms with Gasteiger partial charge in [-0.2, -0.15) is 5.26 Å². The smallest absolute Gasteiger partial charge is 0.266 e. The minimum atomic E-state index is -0.553. The second kappa shape index (κ2) is 6.06. The van der Waals surface area contributed by atoms with E-state index < -0.39 is 11.7 Å². The molecule has 1 aromatic carbocycles. The Morgan fingerprint density at radius 3 is 2.52 bits per heavy atom. The van der Waals surface area contributed by atoms with Crippen LogP contribution < -0.4 is 5.32 Å². The number of carbonyl (C=O) groups is 1. The molecule has 0 aliphatic carbocycles. The summed E-state index contributed by atoms with van der Waals surface area (Å²) >= 11 is 0. The van der Waals surface area contributed by atoms with E-state index in [1.54, 1.807) is 19.9 Å². The summed E-state index contributed by atoms with van der Waals surface area (Å²) in [6, 6.07) is 8.91. The lowest BCUT2D eigenvalue weighted by molar-refractivity contribution is -0.112. The van der Waals surface area contributed by atoms with E-state index in [9.17, 15) is 9.18 Å². The zero-order valence-electron chi connectivity index (χ0n) is 11.6. The van der Waals surface area contributed by atoms with Crippen molar-refractivity contribution in [1.29, 1.82) is 5.26 Å². The van der Waals surface area contributed by atoms with E-state index in [2.05, 4.69) is 5.32 Å². The van der Waals surface area contributed by atoms with E-state index in [0.29, 0.717) is 22.8 Å². The van der Waals surface area contributed by atoms with Gasteiger partial charge >= 0.3 is 0 Å². The van der Waals surface area contributed by atoms with Gasteiger partial charge in [0.05, 0.1) is 0 Å². The summed E-state index contributed by atoms with van der Waals surface area (Å²) < 4.78 is 18.1. The zero-order valence-corrected chi connectivity index (χ0v) is 11.6. The topological polar surface area (TPSA) is 66.0 Å². The van der Waals surface area contributed by atoms with Crippen LogP contribution in [0.5, 0.6) is 0 Å². The number of anilines is 1. The molecular formula is C16H13FN2O2. The molecule has 0 aliphatic rings. The number of nitrogens with one attached hydrogen (secondary N) is 1. The quantitative estimate of drug-likeness (QED) is 0.692. The van der Waals surface area contributed by atoms with Crippen LogP contribution in [0.4, 0.5) is 10.1 Å². The van der Waals surface area contributed by atoms with Gasteiger partial charge in [0, 0.05) is 11.3 Å². The van der Waals surface area contributed by atoms with Crippen LogP contribution in [0.2, 0.25) is 0 Å². The van der Waals surface area contributed by atoms with E-state index in [-0.39, 0.29) is 5.57 Å². The van der Waals surface area contributed by atoms with Crippen molar-refractivity contribution in [2.24, 2.45) is 0 Å². The van der Waals surface area contributed by atoms with Crippen LogP contribution in [0.25, 0.3) is 6.08 Å². The number of aryl methyl sites for hydroxylation is 2. The highest BCUT2D eigenvalue weighted by Crippen LogP contribution is 2.18. The van der Waals surface area contributed by atoms with Crippen molar-refractivity contribution in [1.82, 2.24) is 0 Å². The molecule has 1 N–H and O–H groups in total. The fraction of sp³-hybridized carbons (Fsp3) is 0.125. The summed E-state index contributed by atoms with van der Waals surface area (Å²) in [7, 11) is 0. The Balaban J connectivity index is 2.21. The molecule has 0 atom stereocenters. The van der Waals surface area contributed by atoms with Gasteiger partial charge < -0.3 is 9.73 Å². The van der Waals surface area contributed by atoms with Gasteiger partial charge in [0.15, 0.2) is 0 Å². The average molecular weight is 284 g/mol. The van der Waals surface area contributed by atoms with Crippen LogP contribution in [0, 0.1) is 31.0 Å². The molecule has 4 nitrogen and oxygen atoms in total. The third-order valence-electron chi connectivity index (χ3n) is 2.85. The fourth-order valence-corrected chi connectivity index (χ4v) is 1.83. The Hall–Kier alpha value is -2.87. The summed E-state index contributed by atoms with van der Waals surface area (Å²) in [6.45, 7) is 3.54. The molecule has 21 heavy (non-hydrogen) atoms. The molecule has 5 heteroatoms. The molecule has 0 unspecified atom stereocenters. The molecule has 2 rings (SSSR count). The summed E-state index contributed by atoms with van der Waals surface area (Å²) in [4.78, 5) is 12.0. The Bertz CT molecular complexity index is 737. The highest BCUT2D eigenvalue weighted by molar-refractivity contribution is 6.09. The number of rotatable bonds is 3. The number of nitrogens with zero attached hydrogens (tertiary/aromatic N) is 1. The second-order valence-corrected chi connectivity index (χ2v) is 4.50. The van der Waals surface area contributed by atoms with E-state index in [0.717, 1.165) is 0 Å². The summed E-state index contributed by atoms with van der Waals surface area (Å²) in [6.07, 6.45) is 1.46. The number of hydrogen-bond acceptors (Lipinski definition) is 3. The Labute approximate surface area is 121 Å². The van der Waals surface area contributed by atoms with Crippen molar-refractivity contribution in [3.63, 3.8) is 0 Å². The van der Waals surface area contributed by atoms with Crippen molar-refractivity contribution < 1.29 is 13.6 Å². The number of hydrogen-bond donors (Lipinski definition) is 1. The molecule has 1 amide bonds. The maximum absolute atomic E-state index is 12.8. The first-order chi connectivity index (χ1) is 9.99. The van der Waals surface area contributed by atoms with Gasteiger partial charge in [-0.1, -0.05) is 0 Å². The van der Waals surface area contributed by atoms with Gasteiger partial charge in [-0.15, -0.1) is 0 Å². The molecule has 0 radical (unpaired) electrons. The van der Waals surface area contributed by atoms with Gasteiger partial charge in [0.1, 0.15) is 29.0 Å². The van der Waals surface area contributed by atoms with Crippen LogP contribution in [-0.4, -0.2) is 5.91 Å². The maximum Gasteiger partial charge on any atom is 0.266 e. The lowest BCUT2D eigenvalue weighted by Crippen LogP contribution is -2.13. The molecule has 0 aliphatic heterocycles. The number of halogens is 1. The predicted octanol–water partition coefficient (Wildman–Crippen LogP) is 3.58. The van der Waals surface area contributed by atoms with Crippen molar-refractivity contribution in [3.05, 3.63) is 58.8 Å². The standard InChI is InChI=1S/C16H13FN2O2/c1-10-7-12(11(2)21-10)8-13(9-18)16(20)19-15-5-3-14(17)4-6-15/h3-8H,1-2H3,(H,19,20)/b13-8-. The molecule has 0 saturated heterocycles. The molecule has 1 heterocycles. The van der Waals surface area contributed by atoms with E-state index >= 15 is 0 Å². The molecule has 0 saturated carbocycles. The predicted molar refractivity (Wildman–Crippen MR) is 76.8 cm³/mol. The number of nitriles is 1. The SMILES string of the molecule is Cc1cc(/C=C(/C#N)C(=O)Nc2ccc(F)cc2)c(C)o1. The van der Waals surface area contributed by atoms with Crippen molar-refractivity contribution in [2.75, 3.05) is 5.32 Å².